The van der Waals surface area contributed by atoms with Crippen LogP contribution < -0.4 is 15.0 Å². The van der Waals surface area contributed by atoms with Crippen molar-refractivity contribution in [2.75, 3.05) is 18.6 Å². The third-order valence-electron chi connectivity index (χ3n) is 4.60. The summed E-state index contributed by atoms with van der Waals surface area (Å²) in [6.07, 6.45) is 0.517. The van der Waals surface area contributed by atoms with E-state index in [2.05, 4.69) is 20.5 Å². The number of carbonyl (C=O) groups excluding carboxylic acids is 2. The standard InChI is InChI=1S/C20H18ClN5O3/c1-26-15-9-5-8-13(21)17(15)29-11-14(20(26)28)22-19(27)18-23-16(24-25-18)10-12-6-3-2-4-7-12/h2-9,14H,10-11H2,1H3,(H,22,27)(H,23,24,25)/t14-/m0/s1. The molecule has 2 N–H and O–H groups in total. The van der Waals surface area contributed by atoms with Gasteiger partial charge in [-0.1, -0.05) is 48.0 Å². The summed E-state index contributed by atoms with van der Waals surface area (Å²) >= 11 is 6.17. The van der Waals surface area contributed by atoms with E-state index in [-0.39, 0.29) is 18.3 Å². The fourth-order valence-corrected chi connectivity index (χ4v) is 3.32. The summed E-state index contributed by atoms with van der Waals surface area (Å²) in [5.74, 6) is 0.145. The number of amides is 2. The molecule has 0 saturated carbocycles. The molecule has 2 aromatic carbocycles. The van der Waals surface area contributed by atoms with Crippen LogP contribution in [0.2, 0.25) is 5.02 Å². The van der Waals surface area contributed by atoms with E-state index in [1.807, 2.05) is 30.3 Å². The molecule has 0 fully saturated rings. The molecule has 0 aliphatic carbocycles. The molecule has 0 unspecified atom stereocenters. The molecule has 0 spiro atoms. The summed E-state index contributed by atoms with van der Waals surface area (Å²) in [5, 5.41) is 11.0. The zero-order chi connectivity index (χ0) is 20.4. The van der Waals surface area contributed by atoms with E-state index in [1.165, 1.54) is 4.90 Å². The van der Waals surface area contributed by atoms with Crippen LogP contribution in [0.3, 0.4) is 0 Å². The fraction of sp³-hybridized carbons (Fsp3) is 0.200. The molecule has 0 bridgehead atoms. The van der Waals surface area contributed by atoms with Crippen molar-refractivity contribution < 1.29 is 14.3 Å². The van der Waals surface area contributed by atoms with Gasteiger partial charge in [0.2, 0.25) is 5.82 Å². The number of hydrogen-bond donors (Lipinski definition) is 2. The summed E-state index contributed by atoms with van der Waals surface area (Å²) in [5.41, 5.74) is 1.59. The molecule has 0 radical (unpaired) electrons. The molecule has 29 heavy (non-hydrogen) atoms. The molecule has 148 valence electrons. The van der Waals surface area contributed by atoms with Gasteiger partial charge in [0, 0.05) is 13.5 Å². The summed E-state index contributed by atoms with van der Waals surface area (Å²) in [7, 11) is 1.61. The number of aromatic nitrogens is 3. The fourth-order valence-electron chi connectivity index (χ4n) is 3.09. The number of hydrogen-bond acceptors (Lipinski definition) is 5. The summed E-state index contributed by atoms with van der Waals surface area (Å²) in [6, 6.07) is 14.0. The summed E-state index contributed by atoms with van der Waals surface area (Å²) < 4.78 is 5.70. The Kier molecular flexibility index (Phi) is 5.18. The number of aromatic amines is 1. The molecule has 3 aromatic rings. The Balaban J connectivity index is 1.46. The lowest BCUT2D eigenvalue weighted by Crippen LogP contribution is -2.49. The minimum atomic E-state index is -0.890. The van der Waals surface area contributed by atoms with Crippen molar-refractivity contribution in [2.24, 2.45) is 0 Å². The highest BCUT2D eigenvalue weighted by atomic mass is 35.5. The Labute approximate surface area is 171 Å². The molecule has 1 aromatic heterocycles. The second-order valence-electron chi connectivity index (χ2n) is 6.61. The van der Waals surface area contributed by atoms with Crippen LogP contribution in [0, 0.1) is 0 Å². The number of para-hydroxylation sites is 1. The van der Waals surface area contributed by atoms with Gasteiger partial charge in [0.15, 0.2) is 5.75 Å². The maximum absolute atomic E-state index is 12.8. The molecule has 9 heteroatoms. The Morgan fingerprint density at radius 2 is 2.03 bits per heavy atom. The third-order valence-corrected chi connectivity index (χ3v) is 4.90. The third kappa shape index (κ3) is 3.93. The Hall–Kier alpha value is -3.39. The molecular formula is C20H18ClN5O3. The van der Waals surface area contributed by atoms with Crippen molar-refractivity contribution in [3.05, 3.63) is 70.8 Å². The van der Waals surface area contributed by atoms with Gasteiger partial charge < -0.3 is 19.9 Å². The van der Waals surface area contributed by atoms with E-state index in [0.29, 0.717) is 28.7 Å². The zero-order valence-electron chi connectivity index (χ0n) is 15.6. The highest BCUT2D eigenvalue weighted by molar-refractivity contribution is 6.32. The number of likely N-dealkylation sites (N-methyl/N-ethyl adjacent to an activating group) is 1. The van der Waals surface area contributed by atoms with Gasteiger partial charge in [-0.2, -0.15) is 0 Å². The summed E-state index contributed by atoms with van der Waals surface area (Å²) in [6.45, 7) is -0.0450. The van der Waals surface area contributed by atoms with Crippen LogP contribution in [0.25, 0.3) is 0 Å². The number of rotatable bonds is 4. The highest BCUT2D eigenvalue weighted by Crippen LogP contribution is 2.36. The predicted octanol–water partition coefficient (Wildman–Crippen LogP) is 2.20. The van der Waals surface area contributed by atoms with Gasteiger partial charge in [-0.15, -0.1) is 10.2 Å². The van der Waals surface area contributed by atoms with Crippen LogP contribution in [0.15, 0.2) is 48.5 Å². The molecule has 1 aliphatic rings. The topological polar surface area (TPSA) is 100 Å². The van der Waals surface area contributed by atoms with Crippen LogP contribution in [0.4, 0.5) is 5.69 Å². The Morgan fingerprint density at radius 3 is 2.83 bits per heavy atom. The van der Waals surface area contributed by atoms with E-state index in [9.17, 15) is 9.59 Å². The molecule has 2 amide bonds. The first-order valence-corrected chi connectivity index (χ1v) is 9.36. The average Bonchev–Trinajstić information content (AvgIpc) is 3.15. The molecule has 0 saturated heterocycles. The van der Waals surface area contributed by atoms with Crippen molar-refractivity contribution in [2.45, 2.75) is 12.5 Å². The second kappa shape index (κ2) is 7.92. The van der Waals surface area contributed by atoms with Crippen molar-refractivity contribution in [3.8, 4) is 5.75 Å². The lowest BCUT2D eigenvalue weighted by atomic mass is 10.1. The van der Waals surface area contributed by atoms with Gasteiger partial charge in [-0.3, -0.25) is 9.59 Å². The number of nitrogens with one attached hydrogen (secondary N) is 2. The maximum Gasteiger partial charge on any atom is 0.289 e. The van der Waals surface area contributed by atoms with Gasteiger partial charge in [-0.25, -0.2) is 0 Å². The van der Waals surface area contributed by atoms with Crippen molar-refractivity contribution in [3.63, 3.8) is 0 Å². The number of ether oxygens (including phenoxy) is 1. The lowest BCUT2D eigenvalue weighted by molar-refractivity contribution is -0.120. The number of fused-ring (bicyclic) bond motifs is 1. The van der Waals surface area contributed by atoms with Gasteiger partial charge in [-0.05, 0) is 17.7 Å². The molecule has 1 aliphatic heterocycles. The van der Waals surface area contributed by atoms with Gasteiger partial charge in [0.25, 0.3) is 11.8 Å². The number of carbonyl (C=O) groups is 2. The molecule has 8 nitrogen and oxygen atoms in total. The number of nitrogens with zero attached hydrogens (tertiary/aromatic N) is 3. The van der Waals surface area contributed by atoms with E-state index in [1.54, 1.807) is 25.2 Å². The van der Waals surface area contributed by atoms with Crippen LogP contribution in [-0.2, 0) is 11.2 Å². The van der Waals surface area contributed by atoms with Gasteiger partial charge in [0.1, 0.15) is 18.5 Å². The van der Waals surface area contributed by atoms with E-state index in [0.717, 1.165) is 5.56 Å². The summed E-state index contributed by atoms with van der Waals surface area (Å²) in [4.78, 5) is 29.7. The molecular weight excluding hydrogens is 394 g/mol. The highest BCUT2D eigenvalue weighted by Gasteiger charge is 2.32. The van der Waals surface area contributed by atoms with Gasteiger partial charge >= 0.3 is 0 Å². The van der Waals surface area contributed by atoms with E-state index < -0.39 is 11.9 Å². The van der Waals surface area contributed by atoms with Crippen LogP contribution in [0.5, 0.6) is 5.75 Å². The lowest BCUT2D eigenvalue weighted by Gasteiger charge is -2.20. The predicted molar refractivity (Wildman–Crippen MR) is 107 cm³/mol. The minimum Gasteiger partial charge on any atom is -0.487 e. The first-order chi connectivity index (χ1) is 14.0. The van der Waals surface area contributed by atoms with E-state index in [4.69, 9.17) is 16.3 Å². The Bertz CT molecular complexity index is 1050. The van der Waals surface area contributed by atoms with Crippen LogP contribution in [0.1, 0.15) is 22.0 Å². The first-order valence-electron chi connectivity index (χ1n) is 8.98. The van der Waals surface area contributed by atoms with Crippen LogP contribution in [-0.4, -0.2) is 46.7 Å². The molecule has 2 heterocycles. The number of benzene rings is 2. The number of anilines is 1. The normalized spacial score (nSPS) is 16.0. The number of H-pyrrole nitrogens is 1. The van der Waals surface area contributed by atoms with Crippen molar-refractivity contribution in [1.29, 1.82) is 0 Å². The largest absolute Gasteiger partial charge is 0.487 e. The average molecular weight is 412 g/mol. The van der Waals surface area contributed by atoms with Gasteiger partial charge in [0.05, 0.1) is 10.7 Å². The minimum absolute atomic E-state index is 0.0335. The Morgan fingerprint density at radius 1 is 1.24 bits per heavy atom. The SMILES string of the molecule is CN1C(=O)[C@@H](NC(=O)c2nnc(Cc3ccccc3)[nH]2)COc2c(Cl)cccc21. The second-order valence-corrected chi connectivity index (χ2v) is 7.01. The smallest absolute Gasteiger partial charge is 0.289 e. The molecule has 4 rings (SSSR count). The van der Waals surface area contributed by atoms with Crippen LogP contribution >= 0.6 is 11.6 Å². The number of halogens is 1. The molecule has 1 atom stereocenters. The van der Waals surface area contributed by atoms with Crippen molar-refractivity contribution >= 4 is 29.1 Å². The van der Waals surface area contributed by atoms with E-state index >= 15 is 0 Å². The van der Waals surface area contributed by atoms with Crippen molar-refractivity contribution in [1.82, 2.24) is 20.5 Å². The maximum atomic E-state index is 12.8. The quantitative estimate of drug-likeness (QED) is 0.685. The monoisotopic (exact) mass is 411 g/mol. The zero-order valence-corrected chi connectivity index (χ0v) is 16.3. The first kappa shape index (κ1) is 18.9.